The maximum absolute atomic E-state index is 6.89. The highest BCUT2D eigenvalue weighted by atomic mass is 14.8. The molecule has 1 heteroatoms. The Hall–Kier alpha value is -0.820. The van der Waals surface area contributed by atoms with Gasteiger partial charge in [0.2, 0.25) is 0 Å². The van der Waals surface area contributed by atoms with Crippen molar-refractivity contribution in [2.45, 2.75) is 64.3 Å². The third-order valence-corrected chi connectivity index (χ3v) is 5.13. The molecule has 1 unspecified atom stereocenters. The van der Waals surface area contributed by atoms with Crippen LogP contribution in [-0.2, 0) is 5.54 Å². The lowest BCUT2D eigenvalue weighted by molar-refractivity contribution is 0.160. The van der Waals surface area contributed by atoms with Crippen molar-refractivity contribution in [3.63, 3.8) is 0 Å². The van der Waals surface area contributed by atoms with Crippen LogP contribution in [0, 0.1) is 11.8 Å². The van der Waals surface area contributed by atoms with Gasteiger partial charge in [-0.3, -0.25) is 0 Å². The van der Waals surface area contributed by atoms with E-state index in [4.69, 9.17) is 5.73 Å². The summed E-state index contributed by atoms with van der Waals surface area (Å²) in [5.74, 6) is 1.61. The molecule has 0 aromatic heterocycles. The third kappa shape index (κ3) is 3.20. The summed E-state index contributed by atoms with van der Waals surface area (Å²) in [4.78, 5) is 0. The van der Waals surface area contributed by atoms with Gasteiger partial charge < -0.3 is 5.73 Å². The van der Waals surface area contributed by atoms with Crippen molar-refractivity contribution in [1.82, 2.24) is 0 Å². The minimum Gasteiger partial charge on any atom is -0.321 e. The van der Waals surface area contributed by atoms with Gasteiger partial charge in [0, 0.05) is 5.54 Å². The molecule has 1 nitrogen and oxygen atoms in total. The molecule has 0 amide bonds. The molecule has 2 N–H and O–H groups in total. The van der Waals surface area contributed by atoms with Gasteiger partial charge in [-0.25, -0.2) is 0 Å². The lowest BCUT2D eigenvalue weighted by atomic mass is 9.67. The maximum Gasteiger partial charge on any atom is 0.0438 e. The molecule has 1 aliphatic rings. The van der Waals surface area contributed by atoms with Crippen LogP contribution in [0.5, 0.6) is 0 Å². The zero-order valence-corrected chi connectivity index (χ0v) is 12.6. The molecule has 0 aliphatic heterocycles. The van der Waals surface area contributed by atoms with Gasteiger partial charge in [-0.1, -0.05) is 69.9 Å². The van der Waals surface area contributed by atoms with Crippen LogP contribution < -0.4 is 5.73 Å². The summed E-state index contributed by atoms with van der Waals surface area (Å²) in [5.41, 5.74) is 8.13. The SMILES string of the molecule is CCCC(N)(c1ccccc1)C1CCC(CC)CC1. The molecule has 1 aromatic carbocycles. The predicted molar refractivity (Wildman–Crippen MR) is 83.0 cm³/mol. The fourth-order valence-corrected chi connectivity index (χ4v) is 3.83. The second-order valence-electron chi connectivity index (χ2n) is 6.28. The Morgan fingerprint density at radius 1 is 1.05 bits per heavy atom. The molecular formula is C18H29N. The van der Waals surface area contributed by atoms with Crippen LogP contribution in [0.4, 0.5) is 0 Å². The summed E-state index contributed by atoms with van der Waals surface area (Å²) in [6.07, 6.45) is 8.97. The molecule has 0 saturated heterocycles. The molecule has 2 rings (SSSR count). The Labute approximate surface area is 118 Å². The number of nitrogens with two attached hydrogens (primary N) is 1. The average molecular weight is 259 g/mol. The number of hydrogen-bond acceptors (Lipinski definition) is 1. The van der Waals surface area contributed by atoms with Crippen LogP contribution in [0.1, 0.15) is 64.4 Å². The van der Waals surface area contributed by atoms with Gasteiger partial charge in [0.15, 0.2) is 0 Å². The van der Waals surface area contributed by atoms with Crippen molar-refractivity contribution >= 4 is 0 Å². The standard InChI is InChI=1S/C18H29N/c1-3-14-18(19,16-8-6-5-7-9-16)17-12-10-15(4-2)11-13-17/h5-9,15,17H,3-4,10-14,19H2,1-2H3. The highest BCUT2D eigenvalue weighted by molar-refractivity contribution is 5.25. The second kappa shape index (κ2) is 6.56. The predicted octanol–water partition coefficient (Wildman–Crippen LogP) is 4.86. The fraction of sp³-hybridized carbons (Fsp3) is 0.667. The Kier molecular flexibility index (Phi) is 5.04. The van der Waals surface area contributed by atoms with E-state index >= 15 is 0 Å². The summed E-state index contributed by atoms with van der Waals surface area (Å²) in [5, 5.41) is 0. The summed E-state index contributed by atoms with van der Waals surface area (Å²) >= 11 is 0. The van der Waals surface area contributed by atoms with Crippen molar-refractivity contribution in [3.05, 3.63) is 35.9 Å². The Bertz CT molecular complexity index is 365. The van der Waals surface area contributed by atoms with E-state index in [-0.39, 0.29) is 5.54 Å². The van der Waals surface area contributed by atoms with Gasteiger partial charge in [-0.05, 0) is 36.7 Å². The fourth-order valence-electron chi connectivity index (χ4n) is 3.83. The van der Waals surface area contributed by atoms with Crippen LogP contribution in [-0.4, -0.2) is 0 Å². The van der Waals surface area contributed by atoms with Gasteiger partial charge in [-0.2, -0.15) is 0 Å². The first-order valence-electron chi connectivity index (χ1n) is 8.05. The smallest absolute Gasteiger partial charge is 0.0438 e. The van der Waals surface area contributed by atoms with Crippen LogP contribution in [0.3, 0.4) is 0 Å². The molecule has 1 saturated carbocycles. The molecule has 0 heterocycles. The van der Waals surface area contributed by atoms with Crippen molar-refractivity contribution in [3.8, 4) is 0 Å². The van der Waals surface area contributed by atoms with E-state index in [2.05, 4.69) is 44.2 Å². The highest BCUT2D eigenvalue weighted by Gasteiger charge is 2.37. The largest absolute Gasteiger partial charge is 0.321 e. The zero-order valence-electron chi connectivity index (χ0n) is 12.6. The maximum atomic E-state index is 6.89. The molecule has 1 atom stereocenters. The Morgan fingerprint density at radius 2 is 1.68 bits per heavy atom. The van der Waals surface area contributed by atoms with Gasteiger partial charge in [-0.15, -0.1) is 0 Å². The third-order valence-electron chi connectivity index (χ3n) is 5.13. The Balaban J connectivity index is 2.16. The molecule has 0 radical (unpaired) electrons. The minimum atomic E-state index is -0.102. The normalized spacial score (nSPS) is 26.9. The first kappa shape index (κ1) is 14.6. The van der Waals surface area contributed by atoms with Crippen LogP contribution in [0.25, 0.3) is 0 Å². The van der Waals surface area contributed by atoms with Gasteiger partial charge in [0.25, 0.3) is 0 Å². The molecule has 0 spiro atoms. The Morgan fingerprint density at radius 3 is 2.21 bits per heavy atom. The van der Waals surface area contributed by atoms with Crippen molar-refractivity contribution in [2.75, 3.05) is 0 Å². The van der Waals surface area contributed by atoms with Crippen LogP contribution in [0.15, 0.2) is 30.3 Å². The molecule has 106 valence electrons. The summed E-state index contributed by atoms with van der Waals surface area (Å²) in [6.45, 7) is 4.58. The van der Waals surface area contributed by atoms with Crippen molar-refractivity contribution in [2.24, 2.45) is 17.6 Å². The van der Waals surface area contributed by atoms with Crippen LogP contribution in [0.2, 0.25) is 0 Å². The molecule has 0 bridgehead atoms. The van der Waals surface area contributed by atoms with Crippen molar-refractivity contribution < 1.29 is 0 Å². The number of benzene rings is 1. The second-order valence-corrected chi connectivity index (χ2v) is 6.28. The van der Waals surface area contributed by atoms with Gasteiger partial charge in [0.1, 0.15) is 0 Å². The molecule has 1 aliphatic carbocycles. The van der Waals surface area contributed by atoms with E-state index in [9.17, 15) is 0 Å². The molecule has 19 heavy (non-hydrogen) atoms. The van der Waals surface area contributed by atoms with Gasteiger partial charge in [0.05, 0.1) is 0 Å². The first-order valence-corrected chi connectivity index (χ1v) is 8.05. The average Bonchev–Trinajstić information content (AvgIpc) is 2.48. The van der Waals surface area contributed by atoms with E-state index in [1.165, 1.54) is 44.1 Å². The monoisotopic (exact) mass is 259 g/mol. The first-order chi connectivity index (χ1) is 9.20. The van der Waals surface area contributed by atoms with E-state index < -0.39 is 0 Å². The number of hydrogen-bond donors (Lipinski definition) is 1. The lowest BCUT2D eigenvalue weighted by Crippen LogP contribution is -2.45. The van der Waals surface area contributed by atoms with Crippen LogP contribution >= 0.6 is 0 Å². The highest BCUT2D eigenvalue weighted by Crippen LogP contribution is 2.42. The quantitative estimate of drug-likeness (QED) is 0.803. The zero-order chi connectivity index (χ0) is 13.7. The van der Waals surface area contributed by atoms with Gasteiger partial charge >= 0.3 is 0 Å². The lowest BCUT2D eigenvalue weighted by Gasteiger charge is -2.42. The molecule has 1 aromatic rings. The van der Waals surface area contributed by atoms with E-state index in [0.29, 0.717) is 5.92 Å². The topological polar surface area (TPSA) is 26.0 Å². The minimum absolute atomic E-state index is 0.102. The van der Waals surface area contributed by atoms with E-state index in [0.717, 1.165) is 12.3 Å². The number of rotatable bonds is 5. The molecular weight excluding hydrogens is 230 g/mol. The van der Waals surface area contributed by atoms with E-state index in [1.54, 1.807) is 0 Å². The molecule has 1 fully saturated rings. The summed E-state index contributed by atoms with van der Waals surface area (Å²) in [6, 6.07) is 10.8. The van der Waals surface area contributed by atoms with Crippen molar-refractivity contribution in [1.29, 1.82) is 0 Å². The summed E-state index contributed by atoms with van der Waals surface area (Å²) < 4.78 is 0. The van der Waals surface area contributed by atoms with E-state index in [1.807, 2.05) is 0 Å². The summed E-state index contributed by atoms with van der Waals surface area (Å²) in [7, 11) is 0.